The van der Waals surface area contributed by atoms with Gasteiger partial charge in [0, 0.05) is 12.1 Å². The Morgan fingerprint density at radius 2 is 2.05 bits per heavy atom. The first kappa shape index (κ1) is 14.9. The van der Waals surface area contributed by atoms with Gasteiger partial charge in [-0.2, -0.15) is 0 Å². The molecule has 0 atom stereocenters. The van der Waals surface area contributed by atoms with Crippen molar-refractivity contribution in [1.29, 1.82) is 0 Å². The molecule has 0 spiro atoms. The standard InChI is InChI=1S/C12H15FN2O4/c1-3-12(4-2,11(16)17)14-9-7-8(13)5-6-10(9)15(18)19/h5-7,14H,3-4H2,1-2H3,(H,16,17). The number of benzene rings is 1. The Kier molecular flexibility index (Phi) is 4.42. The molecule has 0 saturated heterocycles. The largest absolute Gasteiger partial charge is 0.480 e. The lowest BCUT2D eigenvalue weighted by molar-refractivity contribution is -0.384. The second-order valence-corrected chi connectivity index (χ2v) is 4.14. The highest BCUT2D eigenvalue weighted by atomic mass is 19.1. The van der Waals surface area contributed by atoms with Crippen LogP contribution >= 0.6 is 0 Å². The molecule has 1 rings (SSSR count). The highest BCUT2D eigenvalue weighted by Crippen LogP contribution is 2.30. The van der Waals surface area contributed by atoms with Crippen molar-refractivity contribution in [3.8, 4) is 0 Å². The molecule has 0 aliphatic carbocycles. The molecular formula is C12H15FN2O4. The van der Waals surface area contributed by atoms with Crippen LogP contribution in [0.15, 0.2) is 18.2 Å². The first-order valence-electron chi connectivity index (χ1n) is 5.81. The van der Waals surface area contributed by atoms with Crippen LogP contribution in [0.1, 0.15) is 26.7 Å². The van der Waals surface area contributed by atoms with E-state index in [-0.39, 0.29) is 24.2 Å². The zero-order valence-electron chi connectivity index (χ0n) is 10.6. The average molecular weight is 270 g/mol. The van der Waals surface area contributed by atoms with E-state index in [1.807, 2.05) is 0 Å². The summed E-state index contributed by atoms with van der Waals surface area (Å²) in [5.74, 6) is -1.80. The number of carboxylic acids is 1. The summed E-state index contributed by atoms with van der Waals surface area (Å²) in [6.07, 6.45) is 0.430. The number of nitro benzene ring substituents is 1. The van der Waals surface area contributed by atoms with Gasteiger partial charge >= 0.3 is 5.97 Å². The molecule has 7 heteroatoms. The summed E-state index contributed by atoms with van der Waals surface area (Å²) >= 11 is 0. The molecule has 0 bridgehead atoms. The number of carbonyl (C=O) groups is 1. The monoisotopic (exact) mass is 270 g/mol. The van der Waals surface area contributed by atoms with Crippen molar-refractivity contribution in [2.24, 2.45) is 0 Å². The zero-order valence-corrected chi connectivity index (χ0v) is 10.6. The fourth-order valence-electron chi connectivity index (χ4n) is 1.81. The number of rotatable bonds is 6. The maximum absolute atomic E-state index is 13.2. The predicted octanol–water partition coefficient (Wildman–Crippen LogP) is 2.79. The van der Waals surface area contributed by atoms with Gasteiger partial charge in [-0.3, -0.25) is 10.1 Å². The third-order valence-electron chi connectivity index (χ3n) is 3.15. The van der Waals surface area contributed by atoms with Crippen molar-refractivity contribution in [2.45, 2.75) is 32.2 Å². The Labute approximate surface area is 109 Å². The lowest BCUT2D eigenvalue weighted by atomic mass is 9.92. The Morgan fingerprint density at radius 3 is 2.47 bits per heavy atom. The van der Waals surface area contributed by atoms with Crippen molar-refractivity contribution >= 4 is 17.3 Å². The number of nitrogens with one attached hydrogen (secondary N) is 1. The van der Waals surface area contributed by atoms with E-state index in [9.17, 15) is 24.4 Å². The van der Waals surface area contributed by atoms with Gasteiger partial charge < -0.3 is 10.4 Å². The second kappa shape index (κ2) is 5.64. The normalized spacial score (nSPS) is 11.1. The molecule has 2 N–H and O–H groups in total. The summed E-state index contributed by atoms with van der Waals surface area (Å²) in [5.41, 5.74) is -1.83. The zero-order chi connectivity index (χ0) is 14.6. The smallest absolute Gasteiger partial charge is 0.329 e. The van der Waals surface area contributed by atoms with Crippen LogP contribution in [0, 0.1) is 15.9 Å². The Morgan fingerprint density at radius 1 is 1.47 bits per heavy atom. The molecule has 0 radical (unpaired) electrons. The van der Waals surface area contributed by atoms with E-state index in [1.54, 1.807) is 13.8 Å². The molecular weight excluding hydrogens is 255 g/mol. The number of aliphatic carboxylic acids is 1. The van der Waals surface area contributed by atoms with Crippen molar-refractivity contribution in [1.82, 2.24) is 0 Å². The van der Waals surface area contributed by atoms with Crippen LogP contribution in [0.25, 0.3) is 0 Å². The van der Waals surface area contributed by atoms with Gasteiger partial charge in [-0.1, -0.05) is 13.8 Å². The fourth-order valence-corrected chi connectivity index (χ4v) is 1.81. The maximum atomic E-state index is 13.2. The number of carboxylic acid groups (broad SMARTS) is 1. The minimum Gasteiger partial charge on any atom is -0.480 e. The molecule has 1 aromatic carbocycles. The number of nitrogens with zero attached hydrogens (tertiary/aromatic N) is 1. The first-order valence-corrected chi connectivity index (χ1v) is 5.81. The van der Waals surface area contributed by atoms with Gasteiger partial charge in [0.05, 0.1) is 4.92 Å². The fraction of sp³-hybridized carbons (Fsp3) is 0.417. The Bertz CT molecular complexity index is 501. The van der Waals surface area contributed by atoms with Crippen molar-refractivity contribution in [3.63, 3.8) is 0 Å². The van der Waals surface area contributed by atoms with E-state index in [0.29, 0.717) is 0 Å². The topological polar surface area (TPSA) is 92.5 Å². The van der Waals surface area contributed by atoms with Crippen molar-refractivity contribution in [3.05, 3.63) is 34.1 Å². The number of halogens is 1. The summed E-state index contributed by atoms with van der Waals surface area (Å²) in [6, 6.07) is 2.90. The molecule has 0 aliphatic rings. The number of hydrogen-bond donors (Lipinski definition) is 2. The van der Waals surface area contributed by atoms with E-state index < -0.39 is 22.2 Å². The summed E-state index contributed by atoms with van der Waals surface area (Å²) in [4.78, 5) is 21.5. The van der Waals surface area contributed by atoms with Gasteiger partial charge in [0.25, 0.3) is 5.69 Å². The molecule has 0 heterocycles. The molecule has 6 nitrogen and oxygen atoms in total. The average Bonchev–Trinajstić information content (AvgIpc) is 2.35. The van der Waals surface area contributed by atoms with Crippen LogP contribution in [-0.4, -0.2) is 21.5 Å². The molecule has 0 aliphatic heterocycles. The molecule has 19 heavy (non-hydrogen) atoms. The number of anilines is 1. The molecule has 0 amide bonds. The van der Waals surface area contributed by atoms with E-state index in [0.717, 1.165) is 18.2 Å². The highest BCUT2D eigenvalue weighted by molar-refractivity contribution is 5.84. The summed E-state index contributed by atoms with van der Waals surface area (Å²) in [6.45, 7) is 3.30. The summed E-state index contributed by atoms with van der Waals surface area (Å²) in [5, 5.41) is 22.7. The SMILES string of the molecule is CCC(CC)(Nc1cc(F)ccc1[N+](=O)[O-])C(=O)O. The summed E-state index contributed by atoms with van der Waals surface area (Å²) in [7, 11) is 0. The Balaban J connectivity index is 3.26. The lowest BCUT2D eigenvalue weighted by Gasteiger charge is -2.29. The van der Waals surface area contributed by atoms with E-state index in [1.165, 1.54) is 0 Å². The molecule has 0 aromatic heterocycles. The molecule has 104 valence electrons. The van der Waals surface area contributed by atoms with Crippen LogP contribution in [-0.2, 0) is 4.79 Å². The molecule has 0 fully saturated rings. The third-order valence-corrected chi connectivity index (χ3v) is 3.15. The second-order valence-electron chi connectivity index (χ2n) is 4.14. The maximum Gasteiger partial charge on any atom is 0.329 e. The van der Waals surface area contributed by atoms with Crippen LogP contribution in [0.4, 0.5) is 15.8 Å². The van der Waals surface area contributed by atoms with Gasteiger partial charge in [-0.05, 0) is 18.9 Å². The van der Waals surface area contributed by atoms with E-state index in [2.05, 4.69) is 5.32 Å². The van der Waals surface area contributed by atoms with Gasteiger partial charge in [0.2, 0.25) is 0 Å². The van der Waals surface area contributed by atoms with E-state index in [4.69, 9.17) is 0 Å². The quantitative estimate of drug-likeness (QED) is 0.612. The van der Waals surface area contributed by atoms with Crippen LogP contribution < -0.4 is 5.32 Å². The van der Waals surface area contributed by atoms with Crippen molar-refractivity contribution in [2.75, 3.05) is 5.32 Å². The number of hydrogen-bond acceptors (Lipinski definition) is 4. The minimum absolute atomic E-state index is 0.129. The van der Waals surface area contributed by atoms with Gasteiger partial charge in [-0.15, -0.1) is 0 Å². The summed E-state index contributed by atoms with van der Waals surface area (Å²) < 4.78 is 13.2. The predicted molar refractivity (Wildman–Crippen MR) is 67.6 cm³/mol. The lowest BCUT2D eigenvalue weighted by Crippen LogP contribution is -2.45. The van der Waals surface area contributed by atoms with Crippen LogP contribution in [0.5, 0.6) is 0 Å². The van der Waals surface area contributed by atoms with Crippen molar-refractivity contribution < 1.29 is 19.2 Å². The third kappa shape index (κ3) is 2.98. The van der Waals surface area contributed by atoms with Gasteiger partial charge in [-0.25, -0.2) is 9.18 Å². The van der Waals surface area contributed by atoms with Gasteiger partial charge in [0.1, 0.15) is 17.0 Å². The molecule has 1 aromatic rings. The first-order chi connectivity index (χ1) is 8.86. The molecule has 0 saturated carbocycles. The van der Waals surface area contributed by atoms with Gasteiger partial charge in [0.15, 0.2) is 0 Å². The van der Waals surface area contributed by atoms with E-state index >= 15 is 0 Å². The number of nitro groups is 1. The minimum atomic E-state index is -1.35. The highest BCUT2D eigenvalue weighted by Gasteiger charge is 2.36. The van der Waals surface area contributed by atoms with Crippen LogP contribution in [0.3, 0.4) is 0 Å². The Hall–Kier alpha value is -2.18. The molecule has 0 unspecified atom stereocenters. The van der Waals surface area contributed by atoms with Crippen LogP contribution in [0.2, 0.25) is 0 Å².